The van der Waals surface area contributed by atoms with Crippen LogP contribution in [0.4, 0.5) is 0 Å². The highest BCUT2D eigenvalue weighted by molar-refractivity contribution is 7.99. The zero-order valence-electron chi connectivity index (χ0n) is 11.3. The van der Waals surface area contributed by atoms with Crippen LogP contribution in [0, 0.1) is 6.92 Å². The Hall–Kier alpha value is -1.00. The van der Waals surface area contributed by atoms with Crippen molar-refractivity contribution in [3.8, 4) is 0 Å². The van der Waals surface area contributed by atoms with Gasteiger partial charge < -0.3 is 11.1 Å². The fourth-order valence-corrected chi connectivity index (χ4v) is 2.71. The van der Waals surface area contributed by atoms with Crippen LogP contribution < -0.4 is 11.1 Å². The van der Waals surface area contributed by atoms with Gasteiger partial charge in [-0.1, -0.05) is 25.1 Å². The molecule has 3 N–H and O–H groups in total. The van der Waals surface area contributed by atoms with Crippen LogP contribution in [0.5, 0.6) is 0 Å². The standard InChI is InChI=1S/C14H22N2OS/c1-4-9-16-14(3,13(15)17)10-18-12-8-6-5-7-11(12)2/h5-8,16H,4,9-10H2,1-3H3,(H2,15,17). The molecule has 3 nitrogen and oxygen atoms in total. The van der Waals surface area contributed by atoms with Crippen molar-refractivity contribution >= 4 is 17.7 Å². The number of carbonyl (C=O) groups is 1. The molecule has 1 unspecified atom stereocenters. The molecule has 0 saturated carbocycles. The number of benzene rings is 1. The number of carbonyl (C=O) groups excluding carboxylic acids is 1. The van der Waals surface area contributed by atoms with Crippen LogP contribution >= 0.6 is 11.8 Å². The zero-order valence-corrected chi connectivity index (χ0v) is 12.1. The maximum atomic E-state index is 11.6. The topological polar surface area (TPSA) is 55.1 Å². The summed E-state index contributed by atoms with van der Waals surface area (Å²) in [5.41, 5.74) is 6.08. The van der Waals surface area contributed by atoms with E-state index in [9.17, 15) is 4.79 Å². The second kappa shape index (κ2) is 6.81. The van der Waals surface area contributed by atoms with E-state index in [0.29, 0.717) is 5.75 Å². The maximum absolute atomic E-state index is 11.6. The number of nitrogens with one attached hydrogen (secondary N) is 1. The van der Waals surface area contributed by atoms with Crippen molar-refractivity contribution in [2.45, 2.75) is 37.6 Å². The number of aryl methyl sites for hydroxylation is 1. The first-order valence-electron chi connectivity index (χ1n) is 6.23. The minimum atomic E-state index is -0.650. The van der Waals surface area contributed by atoms with E-state index < -0.39 is 5.54 Å². The summed E-state index contributed by atoms with van der Waals surface area (Å²) in [4.78, 5) is 12.8. The smallest absolute Gasteiger partial charge is 0.238 e. The van der Waals surface area contributed by atoms with Gasteiger partial charge in [0, 0.05) is 10.6 Å². The van der Waals surface area contributed by atoms with E-state index >= 15 is 0 Å². The fourth-order valence-electron chi connectivity index (χ4n) is 1.55. The van der Waals surface area contributed by atoms with Crippen molar-refractivity contribution < 1.29 is 4.79 Å². The van der Waals surface area contributed by atoms with Crippen LogP contribution in [-0.4, -0.2) is 23.7 Å². The van der Waals surface area contributed by atoms with Gasteiger partial charge in [0.25, 0.3) is 0 Å². The number of thioether (sulfide) groups is 1. The van der Waals surface area contributed by atoms with Gasteiger partial charge >= 0.3 is 0 Å². The molecule has 1 aromatic rings. The molecule has 0 spiro atoms. The number of hydrogen-bond donors (Lipinski definition) is 2. The fraction of sp³-hybridized carbons (Fsp3) is 0.500. The van der Waals surface area contributed by atoms with Crippen LogP contribution in [0.15, 0.2) is 29.2 Å². The van der Waals surface area contributed by atoms with E-state index in [-0.39, 0.29) is 5.91 Å². The minimum Gasteiger partial charge on any atom is -0.368 e. The largest absolute Gasteiger partial charge is 0.368 e. The molecule has 4 heteroatoms. The van der Waals surface area contributed by atoms with Crippen LogP contribution in [0.3, 0.4) is 0 Å². The Bertz CT molecular complexity index is 409. The average Bonchev–Trinajstić information content (AvgIpc) is 2.35. The number of amides is 1. The SMILES string of the molecule is CCCNC(C)(CSc1ccccc1C)C(N)=O. The van der Waals surface area contributed by atoms with Crippen molar-refractivity contribution in [2.24, 2.45) is 5.73 Å². The van der Waals surface area contributed by atoms with Crippen molar-refractivity contribution in [3.05, 3.63) is 29.8 Å². The normalized spacial score (nSPS) is 14.2. The highest BCUT2D eigenvalue weighted by Crippen LogP contribution is 2.25. The molecule has 0 bridgehead atoms. The Kier molecular flexibility index (Phi) is 5.69. The van der Waals surface area contributed by atoms with Gasteiger partial charge in [-0.2, -0.15) is 0 Å². The molecule has 0 aliphatic heterocycles. The summed E-state index contributed by atoms with van der Waals surface area (Å²) in [6.07, 6.45) is 0.984. The molecule has 1 rings (SSSR count). The van der Waals surface area contributed by atoms with Gasteiger partial charge in [-0.05, 0) is 38.4 Å². The van der Waals surface area contributed by atoms with Crippen LogP contribution in [0.25, 0.3) is 0 Å². The molecule has 0 aromatic heterocycles. The van der Waals surface area contributed by atoms with E-state index in [0.717, 1.165) is 13.0 Å². The van der Waals surface area contributed by atoms with Crippen molar-refractivity contribution in [1.82, 2.24) is 5.32 Å². The zero-order chi connectivity index (χ0) is 13.6. The lowest BCUT2D eigenvalue weighted by Gasteiger charge is -2.27. The molecule has 1 aromatic carbocycles. The summed E-state index contributed by atoms with van der Waals surface area (Å²) in [6.45, 7) is 6.82. The van der Waals surface area contributed by atoms with Crippen LogP contribution in [0.1, 0.15) is 25.8 Å². The Morgan fingerprint density at radius 1 is 1.44 bits per heavy atom. The van der Waals surface area contributed by atoms with Crippen molar-refractivity contribution in [2.75, 3.05) is 12.3 Å². The number of primary amides is 1. The molecule has 100 valence electrons. The van der Waals surface area contributed by atoms with Gasteiger partial charge in [-0.15, -0.1) is 11.8 Å². The Morgan fingerprint density at radius 2 is 2.11 bits per heavy atom. The summed E-state index contributed by atoms with van der Waals surface area (Å²) in [6, 6.07) is 8.17. The first-order chi connectivity index (χ1) is 8.49. The molecule has 0 aliphatic carbocycles. The summed E-state index contributed by atoms with van der Waals surface area (Å²) in [5, 5.41) is 3.24. The monoisotopic (exact) mass is 266 g/mol. The van der Waals surface area contributed by atoms with E-state index in [2.05, 4.69) is 31.3 Å². The van der Waals surface area contributed by atoms with E-state index in [4.69, 9.17) is 5.73 Å². The number of hydrogen-bond acceptors (Lipinski definition) is 3. The van der Waals surface area contributed by atoms with Crippen LogP contribution in [0.2, 0.25) is 0 Å². The third-order valence-electron chi connectivity index (χ3n) is 2.92. The summed E-state index contributed by atoms with van der Waals surface area (Å²) in [5.74, 6) is 0.352. The molecule has 0 heterocycles. The molecule has 0 aliphatic rings. The molecular formula is C14H22N2OS. The highest BCUT2D eigenvalue weighted by Gasteiger charge is 2.30. The van der Waals surface area contributed by atoms with Gasteiger partial charge in [-0.25, -0.2) is 0 Å². The number of rotatable bonds is 7. The van der Waals surface area contributed by atoms with Gasteiger partial charge in [-0.3, -0.25) is 4.79 Å². The summed E-state index contributed by atoms with van der Waals surface area (Å²) < 4.78 is 0. The van der Waals surface area contributed by atoms with Gasteiger partial charge in [0.1, 0.15) is 5.54 Å². The quantitative estimate of drug-likeness (QED) is 0.745. The molecule has 0 fully saturated rings. The van der Waals surface area contributed by atoms with Gasteiger partial charge in [0.2, 0.25) is 5.91 Å². The molecule has 18 heavy (non-hydrogen) atoms. The molecular weight excluding hydrogens is 244 g/mol. The molecule has 1 atom stereocenters. The average molecular weight is 266 g/mol. The molecule has 0 saturated heterocycles. The van der Waals surface area contributed by atoms with E-state index in [1.54, 1.807) is 11.8 Å². The van der Waals surface area contributed by atoms with Gasteiger partial charge in [0.05, 0.1) is 0 Å². The maximum Gasteiger partial charge on any atom is 0.238 e. The van der Waals surface area contributed by atoms with E-state index in [1.807, 2.05) is 19.1 Å². The summed E-state index contributed by atoms with van der Waals surface area (Å²) in [7, 11) is 0. The lowest BCUT2D eigenvalue weighted by atomic mass is 10.0. The second-order valence-corrected chi connectivity index (χ2v) is 5.69. The number of nitrogens with two attached hydrogens (primary N) is 1. The molecule has 1 amide bonds. The predicted molar refractivity (Wildman–Crippen MR) is 77.8 cm³/mol. The van der Waals surface area contributed by atoms with Crippen molar-refractivity contribution in [3.63, 3.8) is 0 Å². The minimum absolute atomic E-state index is 0.294. The highest BCUT2D eigenvalue weighted by atomic mass is 32.2. The Morgan fingerprint density at radius 3 is 2.67 bits per heavy atom. The third-order valence-corrected chi connectivity index (χ3v) is 4.41. The first kappa shape index (κ1) is 15.1. The van der Waals surface area contributed by atoms with Crippen molar-refractivity contribution in [1.29, 1.82) is 0 Å². The predicted octanol–water partition coefficient (Wildman–Crippen LogP) is 2.33. The lowest BCUT2D eigenvalue weighted by molar-refractivity contribution is -0.122. The van der Waals surface area contributed by atoms with Gasteiger partial charge in [0.15, 0.2) is 0 Å². The second-order valence-electron chi connectivity index (χ2n) is 4.68. The summed E-state index contributed by atoms with van der Waals surface area (Å²) >= 11 is 1.67. The Balaban J connectivity index is 2.68. The van der Waals surface area contributed by atoms with E-state index in [1.165, 1.54) is 10.5 Å². The molecule has 0 radical (unpaired) electrons. The third kappa shape index (κ3) is 4.03. The Labute approximate surface area is 114 Å². The first-order valence-corrected chi connectivity index (χ1v) is 7.21. The lowest BCUT2D eigenvalue weighted by Crippen LogP contribution is -2.55. The van der Waals surface area contributed by atoms with Crippen LogP contribution in [-0.2, 0) is 4.79 Å².